The summed E-state index contributed by atoms with van der Waals surface area (Å²) in [5.74, 6) is 0. The first kappa shape index (κ1) is 11.5. The summed E-state index contributed by atoms with van der Waals surface area (Å²) in [7, 11) is 2.35. The lowest BCUT2D eigenvalue weighted by Gasteiger charge is -2.10. The predicted octanol–water partition coefficient (Wildman–Crippen LogP) is 3.16. The zero-order valence-electron chi connectivity index (χ0n) is 7.86. The van der Waals surface area contributed by atoms with Crippen LogP contribution in [0.2, 0.25) is 0 Å². The largest absolute Gasteiger partial charge is 0.416 e. The van der Waals surface area contributed by atoms with Gasteiger partial charge in [-0.15, -0.1) is 9.24 Å². The summed E-state index contributed by atoms with van der Waals surface area (Å²) in [6.45, 7) is 2.00. The number of alkyl halides is 3. The van der Waals surface area contributed by atoms with E-state index < -0.39 is 11.7 Å². The molecule has 1 aromatic rings. The minimum Gasteiger partial charge on any atom is -0.166 e. The third-order valence-electron chi connectivity index (χ3n) is 1.99. The Bertz CT molecular complexity index is 318. The maximum absolute atomic E-state index is 12.3. The Kier molecular flexibility index (Phi) is 3.54. The summed E-state index contributed by atoms with van der Waals surface area (Å²) >= 11 is 0. The summed E-state index contributed by atoms with van der Waals surface area (Å²) in [5, 5.41) is 0.640. The molecule has 0 aliphatic rings. The molecule has 0 bridgehead atoms. The molecule has 1 aromatic carbocycles. The zero-order chi connectivity index (χ0) is 10.8. The fourth-order valence-electron chi connectivity index (χ4n) is 1.27. The molecule has 1 rings (SSSR count). The van der Waals surface area contributed by atoms with Gasteiger partial charge >= 0.3 is 6.18 Å². The van der Waals surface area contributed by atoms with E-state index in [0.717, 1.165) is 24.5 Å². The van der Waals surface area contributed by atoms with E-state index in [1.165, 1.54) is 6.07 Å². The molecule has 1 unspecified atom stereocenters. The third kappa shape index (κ3) is 2.71. The minimum absolute atomic E-state index is 0.581. The van der Waals surface area contributed by atoms with Crippen LogP contribution in [0, 0.1) is 0 Å². The topological polar surface area (TPSA) is 0 Å². The van der Waals surface area contributed by atoms with Gasteiger partial charge in [0, 0.05) is 0 Å². The molecule has 0 saturated carbocycles. The average molecular weight is 220 g/mol. The zero-order valence-corrected chi connectivity index (χ0v) is 9.01. The lowest BCUT2D eigenvalue weighted by atomic mass is 10.1. The Hall–Kier alpha value is -0.560. The molecule has 0 N–H and O–H groups in total. The highest BCUT2D eigenvalue weighted by molar-refractivity contribution is 7.27. The van der Waals surface area contributed by atoms with Gasteiger partial charge in [0.1, 0.15) is 0 Å². The Morgan fingerprint density at radius 3 is 2.36 bits per heavy atom. The van der Waals surface area contributed by atoms with E-state index in [-0.39, 0.29) is 0 Å². The molecule has 0 aliphatic heterocycles. The van der Waals surface area contributed by atoms with E-state index in [1.54, 1.807) is 6.07 Å². The van der Waals surface area contributed by atoms with Crippen LogP contribution in [0.4, 0.5) is 13.2 Å². The standard InChI is InChI=1S/C10H12F3P/c1-2-3-7-4-5-8(6-9(7)14)10(11,12)13/h4-6H,2-3,14H2,1H3. The van der Waals surface area contributed by atoms with Crippen LogP contribution < -0.4 is 5.30 Å². The van der Waals surface area contributed by atoms with E-state index >= 15 is 0 Å². The molecule has 0 fully saturated rings. The van der Waals surface area contributed by atoms with Crippen molar-refractivity contribution in [3.8, 4) is 0 Å². The minimum atomic E-state index is -4.24. The van der Waals surface area contributed by atoms with Gasteiger partial charge in [-0.25, -0.2) is 0 Å². The Labute approximate surface area is 83.7 Å². The molecule has 78 valence electrons. The molecule has 0 saturated heterocycles. The summed E-state index contributed by atoms with van der Waals surface area (Å²) < 4.78 is 36.8. The number of benzene rings is 1. The van der Waals surface area contributed by atoms with Gasteiger partial charge in [0.25, 0.3) is 0 Å². The second-order valence-electron chi connectivity index (χ2n) is 3.16. The summed E-state index contributed by atoms with van der Waals surface area (Å²) in [5.41, 5.74) is 0.382. The van der Waals surface area contributed by atoms with Gasteiger partial charge in [-0.1, -0.05) is 19.4 Å². The number of rotatable bonds is 2. The lowest BCUT2D eigenvalue weighted by Crippen LogP contribution is -2.10. The molecule has 0 heterocycles. The van der Waals surface area contributed by atoms with E-state index in [1.807, 2.05) is 6.92 Å². The fraction of sp³-hybridized carbons (Fsp3) is 0.400. The molecule has 0 amide bonds. The van der Waals surface area contributed by atoms with Crippen molar-refractivity contribution in [2.24, 2.45) is 0 Å². The van der Waals surface area contributed by atoms with Crippen molar-refractivity contribution in [2.45, 2.75) is 25.9 Å². The second kappa shape index (κ2) is 4.31. The molecular formula is C10H12F3P. The maximum atomic E-state index is 12.3. The average Bonchev–Trinajstić information content (AvgIpc) is 2.07. The van der Waals surface area contributed by atoms with E-state index in [9.17, 15) is 13.2 Å². The predicted molar refractivity (Wildman–Crippen MR) is 54.8 cm³/mol. The molecular weight excluding hydrogens is 208 g/mol. The number of halogens is 3. The molecule has 0 aromatic heterocycles. The van der Waals surface area contributed by atoms with Crippen LogP contribution in [0.15, 0.2) is 18.2 Å². The van der Waals surface area contributed by atoms with Gasteiger partial charge in [0.15, 0.2) is 0 Å². The third-order valence-corrected chi connectivity index (χ3v) is 2.53. The van der Waals surface area contributed by atoms with Gasteiger partial charge < -0.3 is 0 Å². The van der Waals surface area contributed by atoms with Crippen molar-refractivity contribution >= 4 is 14.5 Å². The molecule has 4 heteroatoms. The molecule has 0 spiro atoms. The first-order valence-corrected chi connectivity index (χ1v) is 4.98. The maximum Gasteiger partial charge on any atom is 0.416 e. The molecule has 0 nitrogen and oxygen atoms in total. The van der Waals surface area contributed by atoms with Gasteiger partial charge in [0.2, 0.25) is 0 Å². The highest BCUT2D eigenvalue weighted by Gasteiger charge is 2.30. The smallest absolute Gasteiger partial charge is 0.166 e. The van der Waals surface area contributed by atoms with Gasteiger partial charge in [0.05, 0.1) is 5.56 Å². The monoisotopic (exact) mass is 220 g/mol. The van der Waals surface area contributed by atoms with Crippen LogP contribution in [0.5, 0.6) is 0 Å². The van der Waals surface area contributed by atoms with Gasteiger partial charge in [-0.3, -0.25) is 0 Å². The van der Waals surface area contributed by atoms with Crippen LogP contribution in [-0.2, 0) is 12.6 Å². The molecule has 14 heavy (non-hydrogen) atoms. The highest BCUT2D eigenvalue weighted by atomic mass is 31.0. The molecule has 0 aliphatic carbocycles. The summed E-state index contributed by atoms with van der Waals surface area (Å²) in [6.07, 6.45) is -2.49. The lowest BCUT2D eigenvalue weighted by molar-refractivity contribution is -0.137. The summed E-state index contributed by atoms with van der Waals surface area (Å²) in [6, 6.07) is 3.86. The van der Waals surface area contributed by atoms with Gasteiger partial charge in [-0.05, 0) is 29.4 Å². The van der Waals surface area contributed by atoms with Crippen LogP contribution in [0.3, 0.4) is 0 Å². The SMILES string of the molecule is CCCc1ccc(C(F)(F)F)cc1P. The number of aryl methyl sites for hydroxylation is 1. The van der Waals surface area contributed by atoms with E-state index in [4.69, 9.17) is 0 Å². The van der Waals surface area contributed by atoms with Crippen LogP contribution in [0.1, 0.15) is 24.5 Å². The van der Waals surface area contributed by atoms with Crippen LogP contribution >= 0.6 is 9.24 Å². The normalized spacial score (nSPS) is 11.8. The van der Waals surface area contributed by atoms with Crippen molar-refractivity contribution in [1.82, 2.24) is 0 Å². The second-order valence-corrected chi connectivity index (χ2v) is 3.78. The van der Waals surface area contributed by atoms with Gasteiger partial charge in [-0.2, -0.15) is 13.2 Å². The van der Waals surface area contributed by atoms with Crippen LogP contribution in [-0.4, -0.2) is 0 Å². The van der Waals surface area contributed by atoms with Crippen molar-refractivity contribution < 1.29 is 13.2 Å². The molecule has 0 radical (unpaired) electrons. The van der Waals surface area contributed by atoms with Crippen molar-refractivity contribution in [2.75, 3.05) is 0 Å². The quantitative estimate of drug-likeness (QED) is 0.671. The molecule has 1 atom stereocenters. The first-order chi connectivity index (χ1) is 6.45. The van der Waals surface area contributed by atoms with Crippen molar-refractivity contribution in [3.63, 3.8) is 0 Å². The first-order valence-electron chi connectivity index (χ1n) is 4.40. The highest BCUT2D eigenvalue weighted by Crippen LogP contribution is 2.29. The van der Waals surface area contributed by atoms with E-state index in [2.05, 4.69) is 9.24 Å². The number of hydrogen-bond donors (Lipinski definition) is 0. The fourth-order valence-corrected chi connectivity index (χ4v) is 1.69. The Balaban J connectivity index is 3.01. The van der Waals surface area contributed by atoms with Crippen LogP contribution in [0.25, 0.3) is 0 Å². The van der Waals surface area contributed by atoms with Crippen molar-refractivity contribution in [1.29, 1.82) is 0 Å². The number of hydrogen-bond acceptors (Lipinski definition) is 0. The Morgan fingerprint density at radius 2 is 1.93 bits per heavy atom. The van der Waals surface area contributed by atoms with E-state index in [0.29, 0.717) is 5.30 Å². The Morgan fingerprint density at radius 1 is 1.29 bits per heavy atom. The van der Waals surface area contributed by atoms with Crippen molar-refractivity contribution in [3.05, 3.63) is 29.3 Å². The summed E-state index contributed by atoms with van der Waals surface area (Å²) in [4.78, 5) is 0.